The highest BCUT2D eigenvalue weighted by atomic mass is 16.6. The number of benzene rings is 2. The van der Waals surface area contributed by atoms with Crippen LogP contribution in [0.5, 0.6) is 0 Å². The molecule has 2 heterocycles. The molecule has 0 spiro atoms. The van der Waals surface area contributed by atoms with E-state index in [1.165, 1.54) is 24.3 Å². The molecule has 0 aliphatic carbocycles. The van der Waals surface area contributed by atoms with Crippen molar-refractivity contribution in [3.8, 4) is 11.5 Å². The number of amides is 1. The Morgan fingerprint density at radius 3 is 2.59 bits per heavy atom. The van der Waals surface area contributed by atoms with E-state index in [9.17, 15) is 14.9 Å². The number of nitrogens with one attached hydrogen (secondary N) is 1. The molecule has 1 amide bonds. The van der Waals surface area contributed by atoms with E-state index in [2.05, 4.69) is 10.5 Å². The van der Waals surface area contributed by atoms with Crippen LogP contribution in [-0.2, 0) is 6.54 Å². The summed E-state index contributed by atoms with van der Waals surface area (Å²) in [5.74, 6) is 0.653. The van der Waals surface area contributed by atoms with Gasteiger partial charge in [-0.15, -0.1) is 0 Å². The molecule has 0 saturated heterocycles. The van der Waals surface area contributed by atoms with E-state index in [1.54, 1.807) is 6.07 Å². The van der Waals surface area contributed by atoms with Crippen molar-refractivity contribution in [2.75, 3.05) is 0 Å². The van der Waals surface area contributed by atoms with E-state index in [0.29, 0.717) is 22.8 Å². The van der Waals surface area contributed by atoms with Gasteiger partial charge < -0.3 is 14.3 Å². The van der Waals surface area contributed by atoms with Crippen LogP contribution in [0.15, 0.2) is 69.6 Å². The Morgan fingerprint density at radius 1 is 1.07 bits per heavy atom. The number of carbonyl (C=O) groups is 1. The van der Waals surface area contributed by atoms with Gasteiger partial charge in [0.05, 0.1) is 11.5 Å². The minimum absolute atomic E-state index is 0.0708. The molecule has 4 rings (SSSR count). The summed E-state index contributed by atoms with van der Waals surface area (Å²) in [6, 6.07) is 16.5. The molecule has 8 heteroatoms. The van der Waals surface area contributed by atoms with Gasteiger partial charge in [-0.05, 0) is 24.3 Å². The number of aromatic nitrogens is 1. The van der Waals surface area contributed by atoms with E-state index in [1.807, 2.05) is 30.3 Å². The minimum Gasteiger partial charge on any atom is -0.453 e. The molecule has 2 aromatic heterocycles. The Labute approximate surface area is 152 Å². The standard InChI is InChI=1S/C19H13N3O5/c23-19(12-5-7-15(8-6-12)22(24)25)20-11-14-10-18(27-21-14)17-9-13-3-1-2-4-16(13)26-17/h1-10H,11H2,(H,20,23). The number of hydrogen-bond donors (Lipinski definition) is 1. The van der Waals surface area contributed by atoms with Crippen LogP contribution in [0.1, 0.15) is 16.1 Å². The summed E-state index contributed by atoms with van der Waals surface area (Å²) in [7, 11) is 0. The number of nitrogens with zero attached hydrogens (tertiary/aromatic N) is 2. The van der Waals surface area contributed by atoms with Gasteiger partial charge in [-0.2, -0.15) is 0 Å². The first-order valence-electron chi connectivity index (χ1n) is 8.07. The van der Waals surface area contributed by atoms with Crippen LogP contribution in [0.25, 0.3) is 22.5 Å². The van der Waals surface area contributed by atoms with Gasteiger partial charge in [0, 0.05) is 29.1 Å². The highest BCUT2D eigenvalue weighted by Crippen LogP contribution is 2.28. The fraction of sp³-hybridized carbons (Fsp3) is 0.0526. The number of furan rings is 1. The lowest BCUT2D eigenvalue weighted by atomic mass is 10.2. The topological polar surface area (TPSA) is 111 Å². The molecule has 1 N–H and O–H groups in total. The summed E-state index contributed by atoms with van der Waals surface area (Å²) < 4.78 is 11.0. The normalized spacial score (nSPS) is 10.8. The van der Waals surface area contributed by atoms with E-state index >= 15 is 0 Å². The average Bonchev–Trinajstić information content (AvgIpc) is 3.32. The molecular formula is C19H13N3O5. The third kappa shape index (κ3) is 3.40. The Morgan fingerprint density at radius 2 is 1.85 bits per heavy atom. The highest BCUT2D eigenvalue weighted by Gasteiger charge is 2.14. The maximum Gasteiger partial charge on any atom is 0.269 e. The summed E-state index contributed by atoms with van der Waals surface area (Å²) in [6.07, 6.45) is 0. The number of carbonyl (C=O) groups excluding carboxylic acids is 1. The molecule has 0 fully saturated rings. The van der Waals surface area contributed by atoms with E-state index in [0.717, 1.165) is 11.0 Å². The lowest BCUT2D eigenvalue weighted by molar-refractivity contribution is -0.384. The first-order valence-corrected chi connectivity index (χ1v) is 8.07. The van der Waals surface area contributed by atoms with Crippen molar-refractivity contribution in [2.24, 2.45) is 0 Å². The van der Waals surface area contributed by atoms with Gasteiger partial charge in [-0.1, -0.05) is 23.4 Å². The molecule has 0 aliphatic heterocycles. The smallest absolute Gasteiger partial charge is 0.269 e. The predicted octanol–water partition coefficient (Wildman–Crippen LogP) is 3.93. The molecule has 134 valence electrons. The summed E-state index contributed by atoms with van der Waals surface area (Å²) in [6.45, 7) is 0.152. The SMILES string of the molecule is O=C(NCc1cc(-c2cc3ccccc3o2)on1)c1ccc([N+](=O)[O-])cc1. The molecule has 0 aliphatic rings. The second-order valence-corrected chi connectivity index (χ2v) is 5.82. The van der Waals surface area contributed by atoms with Gasteiger partial charge in [0.2, 0.25) is 5.76 Å². The van der Waals surface area contributed by atoms with Gasteiger partial charge in [-0.3, -0.25) is 14.9 Å². The lowest BCUT2D eigenvalue weighted by Gasteiger charge is -2.02. The summed E-state index contributed by atoms with van der Waals surface area (Å²) >= 11 is 0. The monoisotopic (exact) mass is 363 g/mol. The van der Waals surface area contributed by atoms with E-state index in [-0.39, 0.29) is 18.1 Å². The number of hydrogen-bond acceptors (Lipinski definition) is 6. The second kappa shape index (κ2) is 6.75. The second-order valence-electron chi connectivity index (χ2n) is 5.82. The van der Waals surface area contributed by atoms with Gasteiger partial charge in [0.1, 0.15) is 11.3 Å². The molecular weight excluding hydrogens is 350 g/mol. The highest BCUT2D eigenvalue weighted by molar-refractivity contribution is 5.94. The fourth-order valence-electron chi connectivity index (χ4n) is 2.62. The van der Waals surface area contributed by atoms with Crippen LogP contribution >= 0.6 is 0 Å². The van der Waals surface area contributed by atoms with Crippen molar-refractivity contribution < 1.29 is 18.7 Å². The van der Waals surface area contributed by atoms with Gasteiger partial charge in [0.15, 0.2) is 5.76 Å². The van der Waals surface area contributed by atoms with Crippen LogP contribution in [0, 0.1) is 10.1 Å². The first-order chi connectivity index (χ1) is 13.1. The molecule has 27 heavy (non-hydrogen) atoms. The van der Waals surface area contributed by atoms with Crippen molar-refractivity contribution in [1.82, 2.24) is 10.5 Å². The minimum atomic E-state index is -0.517. The maximum absolute atomic E-state index is 12.1. The van der Waals surface area contributed by atoms with Crippen molar-refractivity contribution >= 4 is 22.6 Å². The van der Waals surface area contributed by atoms with E-state index < -0.39 is 4.92 Å². The molecule has 2 aromatic carbocycles. The molecule has 0 radical (unpaired) electrons. The Kier molecular flexibility index (Phi) is 4.13. The zero-order chi connectivity index (χ0) is 18.8. The first kappa shape index (κ1) is 16.5. The number of fused-ring (bicyclic) bond motifs is 1. The molecule has 0 unspecified atom stereocenters. The average molecular weight is 363 g/mol. The van der Waals surface area contributed by atoms with Crippen LogP contribution in [0.3, 0.4) is 0 Å². The van der Waals surface area contributed by atoms with E-state index in [4.69, 9.17) is 8.94 Å². The molecule has 0 saturated carbocycles. The fourth-order valence-corrected chi connectivity index (χ4v) is 2.62. The van der Waals surface area contributed by atoms with Crippen LogP contribution < -0.4 is 5.32 Å². The zero-order valence-electron chi connectivity index (χ0n) is 13.9. The van der Waals surface area contributed by atoms with Crippen molar-refractivity contribution in [1.29, 1.82) is 0 Å². The Bertz CT molecular complexity index is 1090. The molecule has 0 atom stereocenters. The number of rotatable bonds is 5. The molecule has 8 nitrogen and oxygen atoms in total. The number of nitro groups is 1. The molecule has 4 aromatic rings. The predicted molar refractivity (Wildman–Crippen MR) is 96.0 cm³/mol. The Balaban J connectivity index is 1.43. The summed E-state index contributed by atoms with van der Waals surface area (Å²) in [5.41, 5.74) is 1.53. The number of nitro benzene ring substituents is 1. The number of non-ortho nitro benzene ring substituents is 1. The van der Waals surface area contributed by atoms with Gasteiger partial charge in [0.25, 0.3) is 11.6 Å². The molecule has 0 bridgehead atoms. The third-order valence-electron chi connectivity index (χ3n) is 4.00. The van der Waals surface area contributed by atoms with Crippen LogP contribution in [0.4, 0.5) is 5.69 Å². The number of para-hydroxylation sites is 1. The summed E-state index contributed by atoms with van der Waals surface area (Å²) in [5, 5.41) is 18.2. The third-order valence-corrected chi connectivity index (χ3v) is 4.00. The summed E-state index contributed by atoms with van der Waals surface area (Å²) in [4.78, 5) is 22.3. The maximum atomic E-state index is 12.1. The van der Waals surface area contributed by atoms with Crippen LogP contribution in [-0.4, -0.2) is 16.0 Å². The Hall–Kier alpha value is -3.94. The van der Waals surface area contributed by atoms with Gasteiger partial charge >= 0.3 is 0 Å². The van der Waals surface area contributed by atoms with Crippen molar-refractivity contribution in [2.45, 2.75) is 6.54 Å². The lowest BCUT2D eigenvalue weighted by Crippen LogP contribution is -2.22. The zero-order valence-corrected chi connectivity index (χ0v) is 13.9. The van der Waals surface area contributed by atoms with Gasteiger partial charge in [-0.25, -0.2) is 0 Å². The van der Waals surface area contributed by atoms with Crippen molar-refractivity contribution in [3.05, 3.63) is 82.0 Å². The van der Waals surface area contributed by atoms with Crippen molar-refractivity contribution in [3.63, 3.8) is 0 Å². The van der Waals surface area contributed by atoms with Crippen LogP contribution in [0.2, 0.25) is 0 Å². The largest absolute Gasteiger partial charge is 0.453 e. The quantitative estimate of drug-likeness (QED) is 0.425.